The molecule has 1 unspecified atom stereocenters. The van der Waals surface area contributed by atoms with E-state index in [2.05, 4.69) is 24.5 Å². The van der Waals surface area contributed by atoms with E-state index >= 15 is 0 Å². The molecule has 17 heavy (non-hydrogen) atoms. The van der Waals surface area contributed by atoms with Gasteiger partial charge in [0, 0.05) is 17.5 Å². The van der Waals surface area contributed by atoms with Gasteiger partial charge in [-0.1, -0.05) is 26.2 Å². The highest BCUT2D eigenvalue weighted by Gasteiger charge is 2.36. The highest BCUT2D eigenvalue weighted by atomic mass is 16.2. The normalized spacial score (nSPS) is 32.4. The molecule has 3 heteroatoms. The van der Waals surface area contributed by atoms with E-state index in [-0.39, 0.29) is 16.9 Å². The number of nitrogens with one attached hydrogen (secondary N) is 2. The standard InChI is InChI=1S/C14H26N2O/c1-13(7-4-3-5-8-13)12(17)15-11-14(2)9-6-10-16-14/h16H,3-11H2,1-2H3,(H,15,17). The molecule has 1 saturated carbocycles. The van der Waals surface area contributed by atoms with Crippen molar-refractivity contribution in [3.8, 4) is 0 Å². The van der Waals surface area contributed by atoms with E-state index in [0.717, 1.165) is 25.9 Å². The zero-order valence-electron chi connectivity index (χ0n) is 11.3. The number of hydrogen-bond acceptors (Lipinski definition) is 2. The number of amides is 1. The second-order valence-corrected chi connectivity index (χ2v) is 6.39. The molecule has 98 valence electrons. The lowest BCUT2D eigenvalue weighted by atomic mass is 9.75. The molecule has 1 atom stereocenters. The molecule has 1 heterocycles. The van der Waals surface area contributed by atoms with Crippen molar-refractivity contribution in [1.82, 2.24) is 10.6 Å². The summed E-state index contributed by atoms with van der Waals surface area (Å²) < 4.78 is 0. The third kappa shape index (κ3) is 3.01. The Morgan fingerprint density at radius 2 is 1.82 bits per heavy atom. The molecular formula is C14H26N2O. The fourth-order valence-corrected chi connectivity index (χ4v) is 3.16. The van der Waals surface area contributed by atoms with Gasteiger partial charge in [-0.3, -0.25) is 4.79 Å². The summed E-state index contributed by atoms with van der Waals surface area (Å²) >= 11 is 0. The van der Waals surface area contributed by atoms with Crippen LogP contribution in [0.4, 0.5) is 0 Å². The minimum Gasteiger partial charge on any atom is -0.354 e. The van der Waals surface area contributed by atoms with E-state index in [1.165, 1.54) is 32.1 Å². The van der Waals surface area contributed by atoms with Crippen LogP contribution in [0.25, 0.3) is 0 Å². The van der Waals surface area contributed by atoms with Crippen LogP contribution >= 0.6 is 0 Å². The van der Waals surface area contributed by atoms with Crippen molar-refractivity contribution >= 4 is 5.91 Å². The average molecular weight is 238 g/mol. The molecule has 2 rings (SSSR count). The number of carbonyl (C=O) groups excluding carboxylic acids is 1. The first kappa shape index (κ1) is 12.9. The second-order valence-electron chi connectivity index (χ2n) is 6.39. The lowest BCUT2D eigenvalue weighted by Crippen LogP contribution is -2.50. The van der Waals surface area contributed by atoms with Crippen LogP contribution in [0.5, 0.6) is 0 Å². The van der Waals surface area contributed by atoms with E-state index in [1.807, 2.05) is 0 Å². The summed E-state index contributed by atoms with van der Waals surface area (Å²) in [7, 11) is 0. The van der Waals surface area contributed by atoms with E-state index in [9.17, 15) is 4.79 Å². The predicted molar refractivity (Wildman–Crippen MR) is 69.8 cm³/mol. The zero-order valence-corrected chi connectivity index (χ0v) is 11.3. The summed E-state index contributed by atoms with van der Waals surface area (Å²) in [5, 5.41) is 6.66. The molecule has 1 amide bonds. The molecule has 0 aromatic rings. The lowest BCUT2D eigenvalue weighted by molar-refractivity contribution is -0.132. The molecule has 1 aliphatic carbocycles. The Morgan fingerprint density at radius 1 is 1.12 bits per heavy atom. The molecule has 2 aliphatic rings. The van der Waals surface area contributed by atoms with Crippen LogP contribution in [0.15, 0.2) is 0 Å². The third-order valence-corrected chi connectivity index (χ3v) is 4.60. The van der Waals surface area contributed by atoms with Gasteiger partial charge in [0.25, 0.3) is 0 Å². The highest BCUT2D eigenvalue weighted by molar-refractivity contribution is 5.82. The highest BCUT2D eigenvalue weighted by Crippen LogP contribution is 2.35. The summed E-state index contributed by atoms with van der Waals surface area (Å²) in [6.07, 6.45) is 8.22. The topological polar surface area (TPSA) is 41.1 Å². The summed E-state index contributed by atoms with van der Waals surface area (Å²) in [6, 6.07) is 0. The second kappa shape index (κ2) is 4.97. The van der Waals surface area contributed by atoms with Gasteiger partial charge in [0.1, 0.15) is 0 Å². The molecule has 0 aromatic carbocycles. The Labute approximate surface area is 105 Å². The molecule has 2 fully saturated rings. The molecule has 0 bridgehead atoms. The van der Waals surface area contributed by atoms with Gasteiger partial charge in [0.05, 0.1) is 0 Å². The summed E-state index contributed by atoms with van der Waals surface area (Å²) in [5.41, 5.74) is 0.0217. The monoisotopic (exact) mass is 238 g/mol. The van der Waals surface area contributed by atoms with Crippen LogP contribution in [-0.4, -0.2) is 24.5 Å². The molecule has 1 aliphatic heterocycles. The van der Waals surface area contributed by atoms with Crippen molar-refractivity contribution in [2.45, 2.75) is 64.3 Å². The molecule has 0 radical (unpaired) electrons. The largest absolute Gasteiger partial charge is 0.354 e. The number of hydrogen-bond donors (Lipinski definition) is 2. The molecular weight excluding hydrogens is 212 g/mol. The fraction of sp³-hybridized carbons (Fsp3) is 0.929. The molecule has 1 saturated heterocycles. The van der Waals surface area contributed by atoms with E-state index in [0.29, 0.717) is 0 Å². The quantitative estimate of drug-likeness (QED) is 0.791. The van der Waals surface area contributed by atoms with Crippen molar-refractivity contribution in [1.29, 1.82) is 0 Å². The Morgan fingerprint density at radius 3 is 2.41 bits per heavy atom. The first-order valence-corrected chi connectivity index (χ1v) is 7.08. The molecule has 0 spiro atoms. The minimum absolute atomic E-state index is 0.104. The van der Waals surface area contributed by atoms with E-state index in [1.54, 1.807) is 0 Å². The Balaban J connectivity index is 1.84. The Bertz CT molecular complexity index is 276. The lowest BCUT2D eigenvalue weighted by Gasteiger charge is -2.34. The summed E-state index contributed by atoms with van der Waals surface area (Å²) in [6.45, 7) is 6.21. The zero-order chi connectivity index (χ0) is 12.4. The van der Waals surface area contributed by atoms with Gasteiger partial charge in [-0.25, -0.2) is 0 Å². The number of carbonyl (C=O) groups is 1. The van der Waals surface area contributed by atoms with Crippen LogP contribution in [0, 0.1) is 5.41 Å². The molecule has 0 aromatic heterocycles. The SMILES string of the molecule is CC1(CNC(=O)C2(C)CCCCC2)CCCN1. The fourth-order valence-electron chi connectivity index (χ4n) is 3.16. The maximum atomic E-state index is 12.3. The van der Waals surface area contributed by atoms with Crippen LogP contribution in [0.1, 0.15) is 58.8 Å². The smallest absolute Gasteiger partial charge is 0.226 e. The average Bonchev–Trinajstić information content (AvgIpc) is 2.75. The molecule has 2 N–H and O–H groups in total. The maximum Gasteiger partial charge on any atom is 0.226 e. The number of rotatable bonds is 3. The van der Waals surface area contributed by atoms with Gasteiger partial charge in [-0.2, -0.15) is 0 Å². The summed E-state index contributed by atoms with van der Waals surface area (Å²) in [4.78, 5) is 12.3. The van der Waals surface area contributed by atoms with Crippen LogP contribution < -0.4 is 10.6 Å². The van der Waals surface area contributed by atoms with E-state index in [4.69, 9.17) is 0 Å². The van der Waals surface area contributed by atoms with Gasteiger partial charge in [0.2, 0.25) is 5.91 Å². The van der Waals surface area contributed by atoms with Gasteiger partial charge in [-0.05, 0) is 39.2 Å². The Kier molecular flexibility index (Phi) is 3.76. The third-order valence-electron chi connectivity index (χ3n) is 4.60. The van der Waals surface area contributed by atoms with E-state index < -0.39 is 0 Å². The van der Waals surface area contributed by atoms with Crippen molar-refractivity contribution in [2.24, 2.45) is 5.41 Å². The van der Waals surface area contributed by atoms with Gasteiger partial charge in [-0.15, -0.1) is 0 Å². The Hall–Kier alpha value is -0.570. The maximum absolute atomic E-state index is 12.3. The first-order valence-electron chi connectivity index (χ1n) is 7.08. The van der Waals surface area contributed by atoms with Crippen molar-refractivity contribution in [3.63, 3.8) is 0 Å². The predicted octanol–water partition coefficient (Wildman–Crippen LogP) is 2.22. The van der Waals surface area contributed by atoms with Crippen LogP contribution in [0.2, 0.25) is 0 Å². The van der Waals surface area contributed by atoms with Gasteiger partial charge < -0.3 is 10.6 Å². The van der Waals surface area contributed by atoms with Crippen molar-refractivity contribution < 1.29 is 4.79 Å². The van der Waals surface area contributed by atoms with Crippen molar-refractivity contribution in [3.05, 3.63) is 0 Å². The minimum atomic E-state index is -0.104. The first-order chi connectivity index (χ1) is 8.04. The van der Waals surface area contributed by atoms with Gasteiger partial charge >= 0.3 is 0 Å². The van der Waals surface area contributed by atoms with Crippen LogP contribution in [0.3, 0.4) is 0 Å². The van der Waals surface area contributed by atoms with Gasteiger partial charge in [0.15, 0.2) is 0 Å². The molecule has 3 nitrogen and oxygen atoms in total. The van der Waals surface area contributed by atoms with Crippen LogP contribution in [-0.2, 0) is 4.79 Å². The van der Waals surface area contributed by atoms with Crippen molar-refractivity contribution in [2.75, 3.05) is 13.1 Å². The summed E-state index contributed by atoms with van der Waals surface area (Å²) in [5.74, 6) is 0.270.